The average Bonchev–Trinajstić information content (AvgIpc) is 3.56. The van der Waals surface area contributed by atoms with Gasteiger partial charge in [0.2, 0.25) is 0 Å². The molecule has 4 heterocycles. The number of thioether (sulfide) groups is 1. The van der Waals surface area contributed by atoms with Crippen LogP contribution in [0.1, 0.15) is 39.7 Å². The Labute approximate surface area is 252 Å². The Morgan fingerprint density at radius 2 is 1.90 bits per heavy atom. The van der Waals surface area contributed by atoms with Gasteiger partial charge in [0.05, 0.1) is 30.2 Å². The third-order valence-electron chi connectivity index (χ3n) is 7.17. The first-order valence-electron chi connectivity index (χ1n) is 13.1. The number of carbonyl (C=O) groups excluding carboxylic acids is 2. The summed E-state index contributed by atoms with van der Waals surface area (Å²) >= 11 is 8.23. The third kappa shape index (κ3) is 6.26. The summed E-state index contributed by atoms with van der Waals surface area (Å²) in [4.78, 5) is 29.8. The molecule has 0 bridgehead atoms. The van der Waals surface area contributed by atoms with Crippen molar-refractivity contribution in [3.05, 3.63) is 62.7 Å². The average molecular weight is 647 g/mol. The molecule has 2 aliphatic heterocycles. The molecule has 42 heavy (non-hydrogen) atoms. The SMILES string of the molecule is COc1ccccc1C(=O)n1nc(C2CCCN(C(=O)N3CCOCC3)C2C(F)(F)F)c(F)c1SCc1ccc(Cl)s1. The van der Waals surface area contributed by atoms with Gasteiger partial charge in [0.15, 0.2) is 5.82 Å². The lowest BCUT2D eigenvalue weighted by atomic mass is 9.86. The van der Waals surface area contributed by atoms with E-state index >= 15 is 4.39 Å². The fourth-order valence-electron chi connectivity index (χ4n) is 5.24. The van der Waals surface area contributed by atoms with Crippen molar-refractivity contribution < 1.29 is 36.6 Å². The second kappa shape index (κ2) is 12.8. The highest BCUT2D eigenvalue weighted by molar-refractivity contribution is 7.98. The fourth-order valence-corrected chi connectivity index (χ4v) is 7.39. The van der Waals surface area contributed by atoms with E-state index < -0.39 is 41.6 Å². The number of nitrogens with zero attached hydrogens (tertiary/aromatic N) is 4. The lowest BCUT2D eigenvalue weighted by Crippen LogP contribution is -2.59. The number of alkyl halides is 3. The van der Waals surface area contributed by atoms with Gasteiger partial charge in [-0.15, -0.1) is 11.3 Å². The van der Waals surface area contributed by atoms with Gasteiger partial charge in [0.1, 0.15) is 22.5 Å². The van der Waals surface area contributed by atoms with E-state index in [0.717, 1.165) is 26.2 Å². The molecule has 2 saturated heterocycles. The van der Waals surface area contributed by atoms with E-state index in [-0.39, 0.29) is 67.8 Å². The summed E-state index contributed by atoms with van der Waals surface area (Å²) in [6.45, 7) is 0.628. The predicted molar refractivity (Wildman–Crippen MR) is 150 cm³/mol. The number of halogens is 5. The first-order chi connectivity index (χ1) is 20.1. The van der Waals surface area contributed by atoms with Gasteiger partial charge in [0, 0.05) is 36.2 Å². The minimum atomic E-state index is -4.88. The van der Waals surface area contributed by atoms with Gasteiger partial charge >= 0.3 is 12.2 Å². The number of urea groups is 1. The molecule has 0 aliphatic carbocycles. The summed E-state index contributed by atoms with van der Waals surface area (Å²) in [5, 5.41) is 3.96. The predicted octanol–water partition coefficient (Wildman–Crippen LogP) is 6.29. The molecule has 0 saturated carbocycles. The van der Waals surface area contributed by atoms with Gasteiger partial charge in [-0.3, -0.25) is 4.79 Å². The van der Waals surface area contributed by atoms with Crippen LogP contribution in [0.2, 0.25) is 4.34 Å². The lowest BCUT2D eigenvalue weighted by Gasteiger charge is -2.43. The van der Waals surface area contributed by atoms with E-state index in [9.17, 15) is 22.8 Å². The molecule has 2 amide bonds. The molecule has 8 nitrogen and oxygen atoms in total. The normalized spacial score (nSPS) is 19.7. The van der Waals surface area contributed by atoms with Gasteiger partial charge in [0.25, 0.3) is 5.91 Å². The summed E-state index contributed by atoms with van der Waals surface area (Å²) in [6, 6.07) is 6.58. The third-order valence-corrected chi connectivity index (χ3v) is 9.66. The monoisotopic (exact) mass is 646 g/mol. The van der Waals surface area contributed by atoms with Gasteiger partial charge in [-0.05, 0) is 37.1 Å². The van der Waals surface area contributed by atoms with Crippen LogP contribution in [-0.2, 0) is 10.5 Å². The first-order valence-corrected chi connectivity index (χ1v) is 15.3. The fraction of sp³-hybridized carbons (Fsp3) is 0.444. The van der Waals surface area contributed by atoms with Crippen molar-refractivity contribution in [2.45, 2.75) is 41.8 Å². The van der Waals surface area contributed by atoms with Crippen LogP contribution in [0.4, 0.5) is 22.4 Å². The maximum absolute atomic E-state index is 16.3. The molecule has 2 fully saturated rings. The van der Waals surface area contributed by atoms with Crippen molar-refractivity contribution in [1.82, 2.24) is 19.6 Å². The number of amides is 2. The number of hydrogen-bond donors (Lipinski definition) is 0. The number of likely N-dealkylation sites (tertiary alicyclic amines) is 1. The van der Waals surface area contributed by atoms with Gasteiger partial charge in [-0.2, -0.15) is 23.0 Å². The van der Waals surface area contributed by atoms with Crippen LogP contribution in [0, 0.1) is 5.82 Å². The standard InChI is InChI=1S/C27H27ClF4N4O4S2/c1-39-19-7-3-2-5-17(19)24(37)36-25(41-15-16-8-9-20(28)42-16)21(29)22(33-36)18-6-4-10-35(23(18)27(30,31)32)26(38)34-11-13-40-14-12-34/h2-3,5,7-9,18,23H,4,6,10-15H2,1H3. The molecule has 226 valence electrons. The summed E-state index contributed by atoms with van der Waals surface area (Å²) in [5.74, 6) is -2.90. The molecule has 2 unspecified atom stereocenters. The van der Waals surface area contributed by atoms with Crippen molar-refractivity contribution in [1.29, 1.82) is 0 Å². The highest BCUT2D eigenvalue weighted by Gasteiger charge is 2.54. The van der Waals surface area contributed by atoms with Crippen LogP contribution in [0.15, 0.2) is 41.4 Å². The summed E-state index contributed by atoms with van der Waals surface area (Å²) in [5.41, 5.74) is -0.443. The molecule has 1 aromatic carbocycles. The number of piperidine rings is 1. The Bertz CT molecular complexity index is 1440. The molecule has 2 atom stereocenters. The lowest BCUT2D eigenvalue weighted by molar-refractivity contribution is -0.190. The molecule has 15 heteroatoms. The maximum Gasteiger partial charge on any atom is 0.409 e. The van der Waals surface area contributed by atoms with Crippen molar-refractivity contribution >= 4 is 46.6 Å². The van der Waals surface area contributed by atoms with Gasteiger partial charge in [-0.25, -0.2) is 9.18 Å². The van der Waals surface area contributed by atoms with Crippen LogP contribution in [0.25, 0.3) is 0 Å². The molecule has 2 aromatic heterocycles. The zero-order chi connectivity index (χ0) is 30.0. The Balaban J connectivity index is 1.56. The Kier molecular flexibility index (Phi) is 9.35. The van der Waals surface area contributed by atoms with Gasteiger partial charge in [-0.1, -0.05) is 35.5 Å². The summed E-state index contributed by atoms with van der Waals surface area (Å²) in [7, 11) is 1.37. The molecular formula is C27H27ClF4N4O4S2. The second-order valence-electron chi connectivity index (χ2n) is 9.73. The zero-order valence-electron chi connectivity index (χ0n) is 22.4. The number of carbonyl (C=O) groups is 2. The Morgan fingerprint density at radius 3 is 2.57 bits per heavy atom. The highest BCUT2D eigenvalue weighted by Crippen LogP contribution is 2.44. The van der Waals surface area contributed by atoms with Crippen molar-refractivity contribution in [2.75, 3.05) is 40.0 Å². The van der Waals surface area contributed by atoms with E-state index in [4.69, 9.17) is 21.1 Å². The number of aromatic nitrogens is 2. The highest BCUT2D eigenvalue weighted by atomic mass is 35.5. The smallest absolute Gasteiger partial charge is 0.409 e. The molecular weight excluding hydrogens is 620 g/mol. The van der Waals surface area contributed by atoms with E-state index in [0.29, 0.717) is 4.34 Å². The van der Waals surface area contributed by atoms with Crippen molar-refractivity contribution in [3.63, 3.8) is 0 Å². The molecule has 3 aromatic rings. The summed E-state index contributed by atoms with van der Waals surface area (Å²) < 4.78 is 72.2. The number of ether oxygens (including phenoxy) is 2. The molecule has 2 aliphatic rings. The quantitative estimate of drug-likeness (QED) is 0.232. The number of hydrogen-bond acceptors (Lipinski definition) is 7. The topological polar surface area (TPSA) is 76.9 Å². The number of morpholine rings is 1. The molecule has 0 spiro atoms. The summed E-state index contributed by atoms with van der Waals surface area (Å²) in [6.07, 6.45) is -4.74. The van der Waals surface area contributed by atoms with Crippen LogP contribution < -0.4 is 4.74 Å². The number of methoxy groups -OCH3 is 1. The van der Waals surface area contributed by atoms with Crippen LogP contribution in [-0.4, -0.2) is 83.7 Å². The van der Waals surface area contributed by atoms with Crippen LogP contribution in [0.3, 0.4) is 0 Å². The Hall–Kier alpha value is -2.81. The van der Waals surface area contributed by atoms with E-state index in [1.165, 1.54) is 29.4 Å². The van der Waals surface area contributed by atoms with Crippen molar-refractivity contribution in [3.8, 4) is 5.75 Å². The van der Waals surface area contributed by atoms with E-state index in [1.807, 2.05) is 0 Å². The number of rotatable bonds is 6. The van der Waals surface area contributed by atoms with Gasteiger partial charge < -0.3 is 19.3 Å². The number of para-hydroxylation sites is 1. The maximum atomic E-state index is 16.3. The van der Waals surface area contributed by atoms with E-state index in [1.54, 1.807) is 30.3 Å². The zero-order valence-corrected chi connectivity index (χ0v) is 24.8. The van der Waals surface area contributed by atoms with Crippen LogP contribution >= 0.6 is 34.7 Å². The molecule has 0 radical (unpaired) electrons. The first kappa shape index (κ1) is 30.6. The number of thiophene rings is 1. The minimum Gasteiger partial charge on any atom is -0.496 e. The van der Waals surface area contributed by atoms with Crippen molar-refractivity contribution in [2.24, 2.45) is 0 Å². The second-order valence-corrected chi connectivity index (χ2v) is 12.5. The largest absolute Gasteiger partial charge is 0.496 e. The Morgan fingerprint density at radius 1 is 1.17 bits per heavy atom. The molecule has 5 rings (SSSR count). The minimum absolute atomic E-state index is 0.0650. The van der Waals surface area contributed by atoms with E-state index in [2.05, 4.69) is 5.10 Å². The number of benzene rings is 1. The van der Waals surface area contributed by atoms with Crippen LogP contribution in [0.5, 0.6) is 5.75 Å². The molecule has 0 N–H and O–H groups in total.